The van der Waals surface area contributed by atoms with E-state index in [4.69, 9.17) is 0 Å². The third kappa shape index (κ3) is 5.10. The summed E-state index contributed by atoms with van der Waals surface area (Å²) in [5, 5.41) is 4.00. The Morgan fingerprint density at radius 1 is 1.20 bits per heavy atom. The van der Waals surface area contributed by atoms with Gasteiger partial charge in [-0.25, -0.2) is 4.39 Å². The van der Waals surface area contributed by atoms with Gasteiger partial charge in [-0.1, -0.05) is 25.3 Å². The van der Waals surface area contributed by atoms with Crippen molar-refractivity contribution >= 4 is 11.8 Å². The molecule has 112 valence electrons. The summed E-state index contributed by atoms with van der Waals surface area (Å²) in [4.78, 5) is 0.816. The standard InChI is InChI=1S/C17H26FNS/c1-17(2,3)19-12-13-9-10-16(15(18)11-13)20-14-7-5-4-6-8-14/h9-11,14,19H,4-8,12H2,1-3H3. The van der Waals surface area contributed by atoms with E-state index in [9.17, 15) is 4.39 Å². The van der Waals surface area contributed by atoms with E-state index in [-0.39, 0.29) is 11.4 Å². The lowest BCUT2D eigenvalue weighted by Gasteiger charge is -2.22. The molecule has 2 rings (SSSR count). The first-order chi connectivity index (χ1) is 9.44. The third-order valence-corrected chi connectivity index (χ3v) is 5.05. The Balaban J connectivity index is 1.94. The van der Waals surface area contributed by atoms with Crippen molar-refractivity contribution in [3.63, 3.8) is 0 Å². The highest BCUT2D eigenvalue weighted by atomic mass is 32.2. The molecule has 0 aromatic heterocycles. The van der Waals surface area contributed by atoms with Gasteiger partial charge in [0.25, 0.3) is 0 Å². The highest BCUT2D eigenvalue weighted by Crippen LogP contribution is 2.35. The van der Waals surface area contributed by atoms with Gasteiger partial charge in [-0.15, -0.1) is 11.8 Å². The number of hydrogen-bond donors (Lipinski definition) is 1. The molecule has 0 spiro atoms. The molecule has 1 aliphatic rings. The van der Waals surface area contributed by atoms with Gasteiger partial charge in [-0.2, -0.15) is 0 Å². The molecule has 1 nitrogen and oxygen atoms in total. The van der Waals surface area contributed by atoms with Crippen molar-refractivity contribution < 1.29 is 4.39 Å². The molecule has 1 saturated carbocycles. The molecule has 0 heterocycles. The normalized spacial score (nSPS) is 17.4. The van der Waals surface area contributed by atoms with Crippen LogP contribution in [0.4, 0.5) is 4.39 Å². The van der Waals surface area contributed by atoms with E-state index >= 15 is 0 Å². The van der Waals surface area contributed by atoms with E-state index in [1.807, 2.05) is 12.1 Å². The Bertz CT molecular complexity index is 433. The average Bonchev–Trinajstić information content (AvgIpc) is 2.40. The number of benzene rings is 1. The molecule has 20 heavy (non-hydrogen) atoms. The molecule has 0 saturated heterocycles. The van der Waals surface area contributed by atoms with E-state index in [2.05, 4.69) is 26.1 Å². The fourth-order valence-electron chi connectivity index (χ4n) is 2.48. The Labute approximate surface area is 126 Å². The fraction of sp³-hybridized carbons (Fsp3) is 0.647. The van der Waals surface area contributed by atoms with E-state index in [0.717, 1.165) is 17.0 Å². The Morgan fingerprint density at radius 3 is 2.50 bits per heavy atom. The van der Waals surface area contributed by atoms with Gasteiger partial charge in [0, 0.05) is 22.2 Å². The zero-order valence-corrected chi connectivity index (χ0v) is 13.7. The number of halogens is 1. The van der Waals surface area contributed by atoms with Gasteiger partial charge in [-0.05, 0) is 51.3 Å². The first-order valence-electron chi connectivity index (χ1n) is 7.64. The average molecular weight is 295 g/mol. The van der Waals surface area contributed by atoms with Gasteiger partial charge in [-0.3, -0.25) is 0 Å². The zero-order valence-electron chi connectivity index (χ0n) is 12.8. The molecule has 0 radical (unpaired) electrons. The number of hydrogen-bond acceptors (Lipinski definition) is 2. The quantitative estimate of drug-likeness (QED) is 0.825. The predicted molar refractivity (Wildman–Crippen MR) is 85.7 cm³/mol. The van der Waals surface area contributed by atoms with Crippen molar-refractivity contribution in [1.82, 2.24) is 5.32 Å². The van der Waals surface area contributed by atoms with Gasteiger partial charge in [0.1, 0.15) is 5.82 Å². The molecule has 1 N–H and O–H groups in total. The molecule has 0 unspecified atom stereocenters. The summed E-state index contributed by atoms with van der Waals surface area (Å²) >= 11 is 1.73. The molecular weight excluding hydrogens is 269 g/mol. The topological polar surface area (TPSA) is 12.0 Å². The van der Waals surface area contributed by atoms with Crippen molar-refractivity contribution in [3.8, 4) is 0 Å². The van der Waals surface area contributed by atoms with Crippen LogP contribution in [0.25, 0.3) is 0 Å². The summed E-state index contributed by atoms with van der Waals surface area (Å²) in [6, 6.07) is 5.69. The van der Waals surface area contributed by atoms with Crippen LogP contribution < -0.4 is 5.32 Å². The van der Waals surface area contributed by atoms with Gasteiger partial charge < -0.3 is 5.32 Å². The molecule has 0 aliphatic heterocycles. The number of rotatable bonds is 4. The Hall–Kier alpha value is -0.540. The Morgan fingerprint density at radius 2 is 1.90 bits per heavy atom. The Kier molecular flexibility index (Phi) is 5.50. The summed E-state index contributed by atoms with van der Waals surface area (Å²) in [6.07, 6.45) is 6.41. The molecule has 0 atom stereocenters. The maximum Gasteiger partial charge on any atom is 0.137 e. The lowest BCUT2D eigenvalue weighted by atomic mass is 10.0. The zero-order chi connectivity index (χ0) is 14.6. The smallest absolute Gasteiger partial charge is 0.137 e. The number of nitrogens with one attached hydrogen (secondary N) is 1. The molecule has 0 bridgehead atoms. The van der Waals surface area contributed by atoms with Crippen LogP contribution in [0.1, 0.15) is 58.4 Å². The molecular formula is C17H26FNS. The molecule has 1 aromatic rings. The second kappa shape index (κ2) is 6.95. The summed E-state index contributed by atoms with van der Waals surface area (Å²) in [5.41, 5.74) is 1.08. The molecule has 0 amide bonds. The SMILES string of the molecule is CC(C)(C)NCc1ccc(SC2CCCCC2)c(F)c1. The van der Waals surface area contributed by atoms with E-state index < -0.39 is 0 Å². The number of thioether (sulfide) groups is 1. The summed E-state index contributed by atoms with van der Waals surface area (Å²) < 4.78 is 14.2. The van der Waals surface area contributed by atoms with Crippen molar-refractivity contribution in [3.05, 3.63) is 29.6 Å². The lowest BCUT2D eigenvalue weighted by molar-refractivity contribution is 0.423. The third-order valence-electron chi connectivity index (χ3n) is 3.66. The molecule has 1 aromatic carbocycles. The highest BCUT2D eigenvalue weighted by Gasteiger charge is 2.17. The monoisotopic (exact) mass is 295 g/mol. The van der Waals surface area contributed by atoms with Crippen LogP contribution in [0.3, 0.4) is 0 Å². The van der Waals surface area contributed by atoms with Gasteiger partial charge >= 0.3 is 0 Å². The van der Waals surface area contributed by atoms with E-state index in [1.54, 1.807) is 17.8 Å². The van der Waals surface area contributed by atoms with Crippen LogP contribution in [-0.4, -0.2) is 10.8 Å². The van der Waals surface area contributed by atoms with Gasteiger partial charge in [0.2, 0.25) is 0 Å². The first-order valence-corrected chi connectivity index (χ1v) is 8.52. The second-order valence-corrected chi connectivity index (χ2v) is 8.09. The van der Waals surface area contributed by atoms with Crippen molar-refractivity contribution in [2.24, 2.45) is 0 Å². The van der Waals surface area contributed by atoms with Crippen molar-refractivity contribution in [1.29, 1.82) is 0 Å². The van der Waals surface area contributed by atoms with Crippen LogP contribution in [0.15, 0.2) is 23.1 Å². The van der Waals surface area contributed by atoms with Crippen LogP contribution in [0, 0.1) is 5.82 Å². The maximum absolute atomic E-state index is 14.2. The van der Waals surface area contributed by atoms with Crippen LogP contribution in [0.5, 0.6) is 0 Å². The minimum absolute atomic E-state index is 0.0613. The van der Waals surface area contributed by atoms with Gasteiger partial charge in [0.05, 0.1) is 0 Å². The predicted octanol–water partition coefficient (Wildman–Crippen LogP) is 5.14. The molecule has 1 aliphatic carbocycles. The highest BCUT2D eigenvalue weighted by molar-refractivity contribution is 8.00. The molecule has 3 heteroatoms. The first kappa shape index (κ1) is 15.8. The fourth-order valence-corrected chi connectivity index (χ4v) is 3.73. The lowest BCUT2D eigenvalue weighted by Crippen LogP contribution is -2.35. The van der Waals surface area contributed by atoms with Crippen molar-refractivity contribution in [2.45, 2.75) is 75.1 Å². The van der Waals surface area contributed by atoms with Crippen LogP contribution in [0.2, 0.25) is 0 Å². The largest absolute Gasteiger partial charge is 0.308 e. The molecule has 1 fully saturated rings. The van der Waals surface area contributed by atoms with E-state index in [0.29, 0.717) is 5.25 Å². The summed E-state index contributed by atoms with van der Waals surface area (Å²) in [5.74, 6) is -0.0613. The minimum atomic E-state index is -0.0613. The van der Waals surface area contributed by atoms with E-state index in [1.165, 1.54) is 32.1 Å². The minimum Gasteiger partial charge on any atom is -0.308 e. The van der Waals surface area contributed by atoms with Gasteiger partial charge in [0.15, 0.2) is 0 Å². The van der Waals surface area contributed by atoms with Crippen LogP contribution >= 0.6 is 11.8 Å². The maximum atomic E-state index is 14.2. The summed E-state index contributed by atoms with van der Waals surface area (Å²) in [6.45, 7) is 7.08. The summed E-state index contributed by atoms with van der Waals surface area (Å²) in [7, 11) is 0. The van der Waals surface area contributed by atoms with Crippen LogP contribution in [-0.2, 0) is 6.54 Å². The van der Waals surface area contributed by atoms with Crippen molar-refractivity contribution in [2.75, 3.05) is 0 Å². The second-order valence-electron chi connectivity index (χ2n) is 6.75.